The molecule has 0 unspecified atom stereocenters. The summed E-state index contributed by atoms with van der Waals surface area (Å²) < 4.78 is 43.3. The van der Waals surface area contributed by atoms with Gasteiger partial charge in [-0.1, -0.05) is 6.07 Å². The van der Waals surface area contributed by atoms with Gasteiger partial charge in [-0.15, -0.1) is 4.36 Å². The number of amides is 2. The number of fused-ring (bicyclic) bond motifs is 3. The lowest BCUT2D eigenvalue weighted by Gasteiger charge is -2.15. The van der Waals surface area contributed by atoms with Crippen LogP contribution in [0.25, 0.3) is 0 Å². The molecule has 0 saturated carbocycles. The molecule has 1 aliphatic heterocycles. The SMILES string of the molecule is COC[C@H]1Cn2ncc([S@@](N)(=O)=NC(=O)Nc3c4c(cc5c3C[C@@H](F)C5)CCC4)c2O1. The van der Waals surface area contributed by atoms with E-state index in [2.05, 4.69) is 20.8 Å². The highest BCUT2D eigenvalue weighted by atomic mass is 32.2. The van der Waals surface area contributed by atoms with E-state index < -0.39 is 22.1 Å². The zero-order valence-corrected chi connectivity index (χ0v) is 17.9. The quantitative estimate of drug-likeness (QED) is 0.741. The largest absolute Gasteiger partial charge is 0.469 e. The third kappa shape index (κ3) is 3.60. The summed E-state index contributed by atoms with van der Waals surface area (Å²) in [4.78, 5) is 12.8. The number of methoxy groups -OCH3 is 1. The van der Waals surface area contributed by atoms with Crippen LogP contribution in [-0.2, 0) is 46.9 Å². The smallest absolute Gasteiger partial charge is 0.354 e. The van der Waals surface area contributed by atoms with Crippen LogP contribution in [0.3, 0.4) is 0 Å². The fourth-order valence-corrected chi connectivity index (χ4v) is 5.71. The lowest BCUT2D eigenvalue weighted by molar-refractivity contribution is 0.0920. The van der Waals surface area contributed by atoms with Gasteiger partial charge in [-0.2, -0.15) is 5.10 Å². The first-order chi connectivity index (χ1) is 14.9. The minimum Gasteiger partial charge on any atom is -0.469 e. The zero-order chi connectivity index (χ0) is 21.8. The maximum Gasteiger partial charge on any atom is 0.354 e. The fraction of sp³-hybridized carbons (Fsp3) is 0.500. The molecule has 2 aromatic rings. The van der Waals surface area contributed by atoms with E-state index in [1.807, 2.05) is 0 Å². The van der Waals surface area contributed by atoms with E-state index in [0.717, 1.165) is 41.5 Å². The van der Waals surface area contributed by atoms with Crippen LogP contribution < -0.4 is 15.2 Å². The average molecular weight is 450 g/mol. The van der Waals surface area contributed by atoms with E-state index >= 15 is 0 Å². The molecule has 11 heteroatoms. The molecule has 0 fully saturated rings. The molecule has 2 aliphatic carbocycles. The zero-order valence-electron chi connectivity index (χ0n) is 17.1. The van der Waals surface area contributed by atoms with E-state index in [0.29, 0.717) is 25.3 Å². The molecule has 166 valence electrons. The van der Waals surface area contributed by atoms with Crippen molar-refractivity contribution in [3.05, 3.63) is 34.5 Å². The van der Waals surface area contributed by atoms with Gasteiger partial charge in [0.25, 0.3) is 0 Å². The number of carbonyl (C=O) groups is 1. The van der Waals surface area contributed by atoms with Crippen LogP contribution in [0, 0.1) is 0 Å². The van der Waals surface area contributed by atoms with Crippen molar-refractivity contribution in [1.82, 2.24) is 9.78 Å². The molecule has 9 nitrogen and oxygen atoms in total. The van der Waals surface area contributed by atoms with Crippen molar-refractivity contribution in [2.75, 3.05) is 19.0 Å². The summed E-state index contributed by atoms with van der Waals surface area (Å²) >= 11 is 0. The summed E-state index contributed by atoms with van der Waals surface area (Å²) in [6.45, 7) is 0.767. The Morgan fingerprint density at radius 2 is 2.26 bits per heavy atom. The number of halogens is 1. The van der Waals surface area contributed by atoms with Gasteiger partial charge < -0.3 is 14.8 Å². The number of hydrogen-bond donors (Lipinski definition) is 2. The molecular weight excluding hydrogens is 425 g/mol. The van der Waals surface area contributed by atoms with Crippen molar-refractivity contribution in [3.8, 4) is 5.88 Å². The summed E-state index contributed by atoms with van der Waals surface area (Å²) in [5.74, 6) is 0.230. The van der Waals surface area contributed by atoms with Crippen LogP contribution in [0.4, 0.5) is 14.9 Å². The summed E-state index contributed by atoms with van der Waals surface area (Å²) in [5.41, 5.74) is 4.47. The predicted molar refractivity (Wildman–Crippen MR) is 111 cm³/mol. The molecule has 0 radical (unpaired) electrons. The van der Waals surface area contributed by atoms with Crippen molar-refractivity contribution in [2.24, 2.45) is 9.50 Å². The fourth-order valence-electron chi connectivity index (χ4n) is 4.72. The summed E-state index contributed by atoms with van der Waals surface area (Å²) in [5, 5.41) is 12.8. The van der Waals surface area contributed by atoms with E-state index in [-0.39, 0.29) is 23.3 Å². The number of hydrogen-bond acceptors (Lipinski definition) is 5. The van der Waals surface area contributed by atoms with Crippen molar-refractivity contribution in [3.63, 3.8) is 0 Å². The number of alkyl halides is 1. The lowest BCUT2D eigenvalue weighted by Crippen LogP contribution is -2.22. The number of nitrogens with zero attached hydrogens (tertiary/aromatic N) is 3. The number of ether oxygens (including phenoxy) is 2. The maximum atomic E-state index is 14.1. The van der Waals surface area contributed by atoms with Crippen LogP contribution in [0.15, 0.2) is 21.5 Å². The standard InChI is InChI=1S/C20H24FN5O4S/c1-29-10-14-9-26-19(30-14)17(8-23-26)31(22,28)25-20(27)24-18-15-4-2-3-11(15)5-12-6-13(21)7-16(12)18/h5,8,13-14H,2-4,6-7,9-10H2,1H3,(H3,22,24,25,27,28)/t13-,14+,31-/m0/s1. The van der Waals surface area contributed by atoms with Crippen LogP contribution in [-0.4, -0.2) is 46.0 Å². The molecule has 3 atom stereocenters. The predicted octanol–water partition coefficient (Wildman–Crippen LogP) is 2.15. The molecule has 3 aliphatic rings. The van der Waals surface area contributed by atoms with Crippen molar-refractivity contribution >= 4 is 21.6 Å². The molecule has 3 N–H and O–H groups in total. The molecule has 1 aromatic heterocycles. The number of aryl methyl sites for hydroxylation is 1. The molecule has 0 spiro atoms. The second-order valence-electron chi connectivity index (χ2n) is 8.17. The Labute approximate surface area is 179 Å². The summed E-state index contributed by atoms with van der Waals surface area (Å²) in [6, 6.07) is 1.23. The van der Waals surface area contributed by atoms with Gasteiger partial charge in [-0.05, 0) is 41.5 Å². The Bertz CT molecular complexity index is 1190. The van der Waals surface area contributed by atoms with E-state index in [1.165, 1.54) is 10.9 Å². The molecular formula is C20H24FN5O4S. The van der Waals surface area contributed by atoms with Gasteiger partial charge in [-0.25, -0.2) is 23.2 Å². The Kier molecular flexibility index (Phi) is 4.98. The first-order valence-corrected chi connectivity index (χ1v) is 11.8. The van der Waals surface area contributed by atoms with Gasteiger partial charge in [0.15, 0.2) is 9.92 Å². The second-order valence-corrected chi connectivity index (χ2v) is 9.93. The number of urea groups is 1. The van der Waals surface area contributed by atoms with E-state index in [1.54, 1.807) is 7.11 Å². The van der Waals surface area contributed by atoms with Gasteiger partial charge in [0.1, 0.15) is 17.2 Å². The van der Waals surface area contributed by atoms with Gasteiger partial charge in [0, 0.05) is 25.6 Å². The number of carbonyl (C=O) groups excluding carboxylic acids is 1. The maximum absolute atomic E-state index is 14.1. The van der Waals surface area contributed by atoms with Crippen LogP contribution in [0.1, 0.15) is 28.7 Å². The van der Waals surface area contributed by atoms with Gasteiger partial charge in [0.05, 0.1) is 19.3 Å². The third-order valence-corrected chi connectivity index (χ3v) is 7.35. The topological polar surface area (TPSA) is 121 Å². The number of nitrogens with one attached hydrogen (secondary N) is 1. The molecule has 5 rings (SSSR count). The number of anilines is 1. The van der Waals surface area contributed by atoms with Crippen LogP contribution in [0.2, 0.25) is 0 Å². The van der Waals surface area contributed by atoms with E-state index in [4.69, 9.17) is 14.6 Å². The van der Waals surface area contributed by atoms with E-state index in [9.17, 15) is 13.4 Å². The van der Waals surface area contributed by atoms with Gasteiger partial charge >= 0.3 is 6.03 Å². The monoisotopic (exact) mass is 449 g/mol. The third-order valence-electron chi connectivity index (χ3n) is 6.00. The molecule has 0 bridgehead atoms. The first kappa shape index (κ1) is 20.4. The molecule has 2 amide bonds. The van der Waals surface area contributed by atoms with Crippen molar-refractivity contribution < 1.29 is 22.9 Å². The number of benzene rings is 1. The Hall–Kier alpha value is -2.50. The van der Waals surface area contributed by atoms with Gasteiger partial charge in [-0.3, -0.25) is 0 Å². The van der Waals surface area contributed by atoms with Crippen molar-refractivity contribution in [2.45, 2.75) is 55.8 Å². The highest BCUT2D eigenvalue weighted by molar-refractivity contribution is 7.91. The highest BCUT2D eigenvalue weighted by Crippen LogP contribution is 2.39. The molecule has 1 aromatic carbocycles. The summed E-state index contributed by atoms with van der Waals surface area (Å²) in [7, 11) is -2.04. The normalized spacial score (nSPS) is 22.9. The summed E-state index contributed by atoms with van der Waals surface area (Å²) in [6.07, 6.45) is 3.35. The highest BCUT2D eigenvalue weighted by Gasteiger charge is 2.32. The Morgan fingerprint density at radius 3 is 3.06 bits per heavy atom. The average Bonchev–Trinajstić information content (AvgIpc) is 3.43. The van der Waals surface area contributed by atoms with Crippen LogP contribution in [0.5, 0.6) is 5.88 Å². The molecule has 2 heterocycles. The van der Waals surface area contributed by atoms with Gasteiger partial charge in [0.2, 0.25) is 5.88 Å². The number of aromatic nitrogens is 2. The van der Waals surface area contributed by atoms with Crippen LogP contribution >= 0.6 is 0 Å². The minimum atomic E-state index is -3.60. The first-order valence-electron chi connectivity index (χ1n) is 10.2. The Balaban J connectivity index is 1.44. The second kappa shape index (κ2) is 7.57. The number of rotatable bonds is 4. The molecule has 0 saturated heterocycles. The number of nitrogens with two attached hydrogens (primary N) is 1. The molecule has 31 heavy (non-hydrogen) atoms. The Morgan fingerprint density at radius 1 is 1.42 bits per heavy atom. The van der Waals surface area contributed by atoms with Crippen molar-refractivity contribution in [1.29, 1.82) is 0 Å². The minimum absolute atomic E-state index is 0.0635. The lowest BCUT2D eigenvalue weighted by atomic mass is 9.99.